The van der Waals surface area contributed by atoms with Gasteiger partial charge in [-0.25, -0.2) is 4.79 Å². The predicted octanol–water partition coefficient (Wildman–Crippen LogP) is 4.09. The van der Waals surface area contributed by atoms with Crippen molar-refractivity contribution < 1.29 is 34.0 Å². The first-order valence-electron chi connectivity index (χ1n) is 9.49. The fraction of sp³-hybridized carbons (Fsp3) is 0.261. The molecule has 0 aliphatic carbocycles. The zero-order valence-electron chi connectivity index (χ0n) is 17.3. The third-order valence-electron chi connectivity index (χ3n) is 3.24. The average molecular weight is 449 g/mol. The van der Waals surface area contributed by atoms with Gasteiger partial charge < -0.3 is 29.2 Å². The normalized spacial score (nSPS) is 9.61. The van der Waals surface area contributed by atoms with E-state index in [2.05, 4.69) is 22.6 Å². The minimum absolute atomic E-state index is 0.0151. The molecule has 7 nitrogen and oxygen atoms in total. The van der Waals surface area contributed by atoms with Gasteiger partial charge in [-0.1, -0.05) is 37.1 Å². The van der Waals surface area contributed by atoms with E-state index < -0.39 is 6.16 Å². The van der Waals surface area contributed by atoms with Crippen LogP contribution in [0.5, 0.6) is 11.5 Å². The molecular formula is C23H28O7S. The van der Waals surface area contributed by atoms with Crippen molar-refractivity contribution in [2.45, 2.75) is 9.79 Å². The highest BCUT2D eigenvalue weighted by Gasteiger charge is 2.00. The molecule has 168 valence electrons. The number of carbonyl (C=O) groups is 1. The molecule has 2 rings (SSSR count). The lowest BCUT2D eigenvalue weighted by Gasteiger charge is -2.07. The molecule has 0 unspecified atom stereocenters. The van der Waals surface area contributed by atoms with Crippen molar-refractivity contribution >= 4 is 17.9 Å². The number of hydrogen-bond donors (Lipinski definition) is 2. The molecular weight excluding hydrogens is 420 g/mol. The molecule has 0 atom stereocenters. The summed E-state index contributed by atoms with van der Waals surface area (Å²) < 4.78 is 19.6. The third-order valence-corrected chi connectivity index (χ3v) is 4.26. The van der Waals surface area contributed by atoms with Crippen molar-refractivity contribution in [1.29, 1.82) is 0 Å². The molecule has 31 heavy (non-hydrogen) atoms. The van der Waals surface area contributed by atoms with Crippen LogP contribution in [0.1, 0.15) is 0 Å². The van der Waals surface area contributed by atoms with Crippen LogP contribution in [-0.2, 0) is 9.47 Å². The molecule has 0 saturated heterocycles. The van der Waals surface area contributed by atoms with E-state index in [-0.39, 0.29) is 26.4 Å². The van der Waals surface area contributed by atoms with Crippen molar-refractivity contribution in [1.82, 2.24) is 0 Å². The lowest BCUT2D eigenvalue weighted by Crippen LogP contribution is -2.06. The Labute approximate surface area is 186 Å². The maximum Gasteiger partial charge on any atom is 0.508 e. The van der Waals surface area contributed by atoms with Gasteiger partial charge in [-0.2, -0.15) is 0 Å². The van der Waals surface area contributed by atoms with Crippen LogP contribution in [0.25, 0.3) is 0 Å². The fourth-order valence-electron chi connectivity index (χ4n) is 1.97. The van der Waals surface area contributed by atoms with Gasteiger partial charge in [0, 0.05) is 9.79 Å². The van der Waals surface area contributed by atoms with Crippen molar-refractivity contribution in [3.05, 3.63) is 73.8 Å². The van der Waals surface area contributed by atoms with Crippen LogP contribution in [0.2, 0.25) is 0 Å². The highest BCUT2D eigenvalue weighted by Crippen LogP contribution is 2.30. The molecule has 8 heteroatoms. The molecule has 0 saturated carbocycles. The summed E-state index contributed by atoms with van der Waals surface area (Å²) in [4.78, 5) is 12.6. The second-order valence-corrected chi connectivity index (χ2v) is 6.79. The Morgan fingerprint density at radius 3 is 1.48 bits per heavy atom. The summed E-state index contributed by atoms with van der Waals surface area (Å²) in [5.74, 6) is 1.50. The second kappa shape index (κ2) is 16.8. The molecule has 0 aliphatic heterocycles. The van der Waals surface area contributed by atoms with Crippen LogP contribution in [0.15, 0.2) is 83.6 Å². The number of benzene rings is 2. The number of rotatable bonds is 12. The van der Waals surface area contributed by atoms with Gasteiger partial charge in [0.25, 0.3) is 0 Å². The van der Waals surface area contributed by atoms with E-state index in [1.165, 1.54) is 12.2 Å². The maximum absolute atomic E-state index is 10.4. The van der Waals surface area contributed by atoms with Crippen molar-refractivity contribution in [2.24, 2.45) is 0 Å². The van der Waals surface area contributed by atoms with Crippen LogP contribution in [0, 0.1) is 0 Å². The highest BCUT2D eigenvalue weighted by atomic mass is 32.2. The minimum atomic E-state index is -0.695. The lowest BCUT2D eigenvalue weighted by atomic mass is 10.3. The van der Waals surface area contributed by atoms with E-state index in [0.717, 1.165) is 21.3 Å². The molecule has 0 heterocycles. The largest absolute Gasteiger partial charge is 0.508 e. The van der Waals surface area contributed by atoms with E-state index in [9.17, 15) is 4.79 Å². The van der Waals surface area contributed by atoms with Crippen LogP contribution in [0.4, 0.5) is 4.79 Å². The van der Waals surface area contributed by atoms with E-state index in [1.807, 2.05) is 48.5 Å². The molecule has 0 fully saturated rings. The zero-order chi connectivity index (χ0) is 22.7. The third kappa shape index (κ3) is 12.4. The standard InChI is InChI=1S/C16H18O4S.C7H10O3/c17-9-11-19-13-1-5-15(6-2-13)21-16-7-3-14(4-8-16)20-12-10-18;1-3-5-9-7(8)10-6-4-2/h1-8,17-18H,9-12H2;3-4H,1-2,5-6H2. The van der Waals surface area contributed by atoms with Crippen LogP contribution < -0.4 is 9.47 Å². The first-order valence-corrected chi connectivity index (χ1v) is 10.3. The number of hydrogen-bond acceptors (Lipinski definition) is 8. The fourth-order valence-corrected chi connectivity index (χ4v) is 2.78. The summed E-state index contributed by atoms with van der Waals surface area (Å²) >= 11 is 1.64. The Bertz CT molecular complexity index is 697. The van der Waals surface area contributed by atoms with Gasteiger partial charge in [0.2, 0.25) is 0 Å². The highest BCUT2D eigenvalue weighted by molar-refractivity contribution is 7.99. The number of carbonyl (C=O) groups excluding carboxylic acids is 1. The average Bonchev–Trinajstić information content (AvgIpc) is 2.81. The van der Waals surface area contributed by atoms with E-state index in [4.69, 9.17) is 19.7 Å². The van der Waals surface area contributed by atoms with Gasteiger partial charge in [-0.3, -0.25) is 0 Å². The van der Waals surface area contributed by atoms with E-state index in [1.54, 1.807) is 11.8 Å². The Morgan fingerprint density at radius 2 is 1.16 bits per heavy atom. The number of aliphatic hydroxyl groups excluding tert-OH is 2. The quantitative estimate of drug-likeness (QED) is 0.370. The van der Waals surface area contributed by atoms with Gasteiger partial charge in [0.15, 0.2) is 0 Å². The first-order chi connectivity index (χ1) is 15.1. The van der Waals surface area contributed by atoms with Crippen molar-refractivity contribution in [3.63, 3.8) is 0 Å². The number of ether oxygens (including phenoxy) is 4. The van der Waals surface area contributed by atoms with E-state index in [0.29, 0.717) is 13.2 Å². The van der Waals surface area contributed by atoms with Gasteiger partial charge in [0.05, 0.1) is 13.2 Å². The topological polar surface area (TPSA) is 94.5 Å². The summed E-state index contributed by atoms with van der Waals surface area (Å²) in [5.41, 5.74) is 0. The molecule has 0 aliphatic rings. The summed E-state index contributed by atoms with van der Waals surface area (Å²) in [6.45, 7) is 7.72. The number of aliphatic hydroxyl groups is 2. The minimum Gasteiger partial charge on any atom is -0.491 e. The summed E-state index contributed by atoms with van der Waals surface area (Å²) in [6, 6.07) is 15.5. The van der Waals surface area contributed by atoms with E-state index >= 15 is 0 Å². The molecule has 0 spiro atoms. The van der Waals surface area contributed by atoms with Gasteiger partial charge in [-0.15, -0.1) is 0 Å². The Balaban J connectivity index is 0.000000407. The van der Waals surface area contributed by atoms with Crippen molar-refractivity contribution in [3.8, 4) is 11.5 Å². The SMILES string of the molecule is C=CCOC(=O)OCC=C.OCCOc1ccc(Sc2ccc(OCCO)cc2)cc1. The molecule has 0 radical (unpaired) electrons. The second-order valence-electron chi connectivity index (χ2n) is 5.64. The molecule has 2 aromatic rings. The van der Waals surface area contributed by atoms with Crippen LogP contribution in [-0.4, -0.2) is 56.0 Å². The van der Waals surface area contributed by atoms with Gasteiger partial charge in [0.1, 0.15) is 37.9 Å². The summed E-state index contributed by atoms with van der Waals surface area (Å²) in [7, 11) is 0. The Kier molecular flexibility index (Phi) is 14.2. The summed E-state index contributed by atoms with van der Waals surface area (Å²) in [5, 5.41) is 17.4. The first kappa shape index (κ1) is 26.1. The van der Waals surface area contributed by atoms with Crippen LogP contribution >= 0.6 is 11.8 Å². The predicted molar refractivity (Wildman–Crippen MR) is 120 cm³/mol. The smallest absolute Gasteiger partial charge is 0.491 e. The van der Waals surface area contributed by atoms with Gasteiger partial charge in [-0.05, 0) is 48.5 Å². The van der Waals surface area contributed by atoms with Crippen LogP contribution in [0.3, 0.4) is 0 Å². The Hall–Kier alpha value is -2.94. The molecule has 0 aromatic heterocycles. The summed E-state index contributed by atoms with van der Waals surface area (Å²) in [6.07, 6.45) is 2.24. The van der Waals surface area contributed by atoms with Crippen molar-refractivity contribution in [2.75, 3.05) is 39.6 Å². The molecule has 2 N–H and O–H groups in total. The maximum atomic E-state index is 10.4. The van der Waals surface area contributed by atoms with Gasteiger partial charge >= 0.3 is 6.16 Å². The zero-order valence-corrected chi connectivity index (χ0v) is 18.1. The molecule has 0 amide bonds. The molecule has 2 aromatic carbocycles. The monoisotopic (exact) mass is 448 g/mol. The Morgan fingerprint density at radius 1 is 0.774 bits per heavy atom. The lowest BCUT2D eigenvalue weighted by molar-refractivity contribution is 0.0718. The molecule has 0 bridgehead atoms.